The number of likely N-dealkylation sites (tertiary alicyclic amines) is 1. The monoisotopic (exact) mass is 351 g/mol. The molecule has 1 aromatic carbocycles. The Bertz CT molecular complexity index is 881. The lowest BCUT2D eigenvalue weighted by atomic mass is 10.1. The van der Waals surface area contributed by atoms with Gasteiger partial charge in [-0.25, -0.2) is 4.98 Å². The molecule has 3 heterocycles. The van der Waals surface area contributed by atoms with E-state index in [4.69, 9.17) is 9.15 Å². The van der Waals surface area contributed by atoms with Gasteiger partial charge < -0.3 is 9.15 Å². The predicted molar refractivity (Wildman–Crippen MR) is 95.7 cm³/mol. The molecular formula is C19H21N5O2. The molecule has 3 aromatic rings. The fourth-order valence-electron chi connectivity index (χ4n) is 3.36. The summed E-state index contributed by atoms with van der Waals surface area (Å²) >= 11 is 0. The first-order valence-corrected chi connectivity index (χ1v) is 8.68. The molecule has 1 aliphatic rings. The van der Waals surface area contributed by atoms with Crippen LogP contribution >= 0.6 is 0 Å². The summed E-state index contributed by atoms with van der Waals surface area (Å²) in [7, 11) is 1.72. The highest BCUT2D eigenvalue weighted by Crippen LogP contribution is 2.30. The standard InChI is InChI=1S/C19H21N5O2/c1-13-3-4-17(25-2)15(9-13)12-24-8-5-14(11-24)18-22-23-19(26-18)16-10-20-6-7-21-16/h3-4,6-7,9-10,14H,5,8,11-12H2,1-2H3. The van der Waals surface area contributed by atoms with Crippen LogP contribution in [0.1, 0.15) is 29.4 Å². The number of ether oxygens (including phenoxy) is 1. The van der Waals surface area contributed by atoms with Gasteiger partial charge in [-0.05, 0) is 26.0 Å². The van der Waals surface area contributed by atoms with Crippen molar-refractivity contribution in [2.45, 2.75) is 25.8 Å². The summed E-state index contributed by atoms with van der Waals surface area (Å²) in [5.41, 5.74) is 3.05. The second-order valence-electron chi connectivity index (χ2n) is 6.57. The molecule has 1 atom stereocenters. The van der Waals surface area contributed by atoms with Crippen molar-refractivity contribution in [3.8, 4) is 17.3 Å². The minimum atomic E-state index is 0.240. The van der Waals surface area contributed by atoms with Crippen LogP contribution < -0.4 is 4.74 Å². The van der Waals surface area contributed by atoms with E-state index in [0.29, 0.717) is 17.5 Å². The molecule has 1 unspecified atom stereocenters. The zero-order valence-electron chi connectivity index (χ0n) is 14.9. The second-order valence-corrected chi connectivity index (χ2v) is 6.57. The first-order chi connectivity index (χ1) is 12.7. The van der Waals surface area contributed by atoms with Crippen LogP contribution in [0.25, 0.3) is 11.6 Å². The summed E-state index contributed by atoms with van der Waals surface area (Å²) in [6.45, 7) is 4.83. The normalized spacial score (nSPS) is 17.5. The van der Waals surface area contributed by atoms with Gasteiger partial charge in [0.1, 0.15) is 11.4 Å². The molecule has 1 fully saturated rings. The third kappa shape index (κ3) is 3.43. The number of hydrogen-bond donors (Lipinski definition) is 0. The quantitative estimate of drug-likeness (QED) is 0.699. The number of methoxy groups -OCH3 is 1. The van der Waals surface area contributed by atoms with Crippen molar-refractivity contribution in [1.29, 1.82) is 0 Å². The fourth-order valence-corrected chi connectivity index (χ4v) is 3.36. The number of benzene rings is 1. The Kier molecular flexibility index (Phi) is 4.62. The molecule has 0 saturated carbocycles. The average molecular weight is 351 g/mol. The smallest absolute Gasteiger partial charge is 0.267 e. The van der Waals surface area contributed by atoms with Gasteiger partial charge in [-0.1, -0.05) is 17.7 Å². The van der Waals surface area contributed by atoms with E-state index in [0.717, 1.165) is 31.8 Å². The molecule has 0 spiro atoms. The highest BCUT2D eigenvalue weighted by Gasteiger charge is 2.29. The zero-order chi connectivity index (χ0) is 17.9. The molecule has 7 nitrogen and oxygen atoms in total. The minimum absolute atomic E-state index is 0.240. The van der Waals surface area contributed by atoms with Gasteiger partial charge in [0.15, 0.2) is 0 Å². The summed E-state index contributed by atoms with van der Waals surface area (Å²) < 4.78 is 11.3. The van der Waals surface area contributed by atoms with Crippen LogP contribution in [0.2, 0.25) is 0 Å². The zero-order valence-corrected chi connectivity index (χ0v) is 14.9. The molecule has 1 aliphatic heterocycles. The van der Waals surface area contributed by atoms with Crippen molar-refractivity contribution >= 4 is 0 Å². The summed E-state index contributed by atoms with van der Waals surface area (Å²) in [6, 6.07) is 6.29. The average Bonchev–Trinajstić information content (AvgIpc) is 3.32. The van der Waals surface area contributed by atoms with E-state index in [1.807, 2.05) is 6.07 Å². The molecular weight excluding hydrogens is 330 g/mol. The molecule has 0 radical (unpaired) electrons. The molecule has 134 valence electrons. The Hall–Kier alpha value is -2.80. The van der Waals surface area contributed by atoms with Crippen LogP contribution in [0.3, 0.4) is 0 Å². The van der Waals surface area contributed by atoms with Crippen LogP contribution in [0.15, 0.2) is 41.2 Å². The van der Waals surface area contributed by atoms with Gasteiger partial charge in [0, 0.05) is 31.0 Å². The first kappa shape index (κ1) is 16.7. The van der Waals surface area contributed by atoms with E-state index in [1.54, 1.807) is 25.7 Å². The lowest BCUT2D eigenvalue weighted by Gasteiger charge is -2.17. The molecule has 7 heteroatoms. The lowest BCUT2D eigenvalue weighted by molar-refractivity contribution is 0.311. The van der Waals surface area contributed by atoms with Gasteiger partial charge in [-0.15, -0.1) is 10.2 Å². The Labute approximate surface area is 152 Å². The maximum Gasteiger partial charge on any atom is 0.267 e. The highest BCUT2D eigenvalue weighted by molar-refractivity contribution is 5.43. The summed E-state index contributed by atoms with van der Waals surface area (Å²) in [4.78, 5) is 10.6. The molecule has 26 heavy (non-hydrogen) atoms. The van der Waals surface area contributed by atoms with Crippen LogP contribution in [0, 0.1) is 6.92 Å². The van der Waals surface area contributed by atoms with Gasteiger partial charge in [-0.2, -0.15) is 0 Å². The summed E-state index contributed by atoms with van der Waals surface area (Å²) in [5.74, 6) is 2.27. The minimum Gasteiger partial charge on any atom is -0.496 e. The van der Waals surface area contributed by atoms with Gasteiger partial charge in [0.25, 0.3) is 5.89 Å². The van der Waals surface area contributed by atoms with Crippen molar-refractivity contribution in [3.63, 3.8) is 0 Å². The molecule has 4 rings (SSSR count). The molecule has 0 amide bonds. The van der Waals surface area contributed by atoms with Crippen molar-refractivity contribution < 1.29 is 9.15 Å². The largest absolute Gasteiger partial charge is 0.496 e. The Morgan fingerprint density at radius 2 is 2.19 bits per heavy atom. The topological polar surface area (TPSA) is 77.2 Å². The van der Waals surface area contributed by atoms with E-state index >= 15 is 0 Å². The maximum absolute atomic E-state index is 5.84. The fraction of sp³-hybridized carbons (Fsp3) is 0.368. The molecule has 0 N–H and O–H groups in total. The number of hydrogen-bond acceptors (Lipinski definition) is 7. The summed E-state index contributed by atoms with van der Waals surface area (Å²) in [5, 5.41) is 8.35. The van der Waals surface area contributed by atoms with E-state index in [1.165, 1.54) is 11.1 Å². The molecule has 0 bridgehead atoms. The summed E-state index contributed by atoms with van der Waals surface area (Å²) in [6.07, 6.45) is 5.86. The third-order valence-electron chi connectivity index (χ3n) is 4.67. The van der Waals surface area contributed by atoms with Crippen molar-refractivity contribution in [2.75, 3.05) is 20.2 Å². The van der Waals surface area contributed by atoms with Crippen LogP contribution in [-0.2, 0) is 6.54 Å². The molecule has 2 aromatic heterocycles. The number of aromatic nitrogens is 4. The Balaban J connectivity index is 1.45. The van der Waals surface area contributed by atoms with Gasteiger partial charge in [0.05, 0.1) is 19.2 Å². The van der Waals surface area contributed by atoms with Crippen LogP contribution in [-0.4, -0.2) is 45.3 Å². The van der Waals surface area contributed by atoms with Crippen LogP contribution in [0.5, 0.6) is 5.75 Å². The Morgan fingerprint density at radius 1 is 1.27 bits per heavy atom. The first-order valence-electron chi connectivity index (χ1n) is 8.68. The molecule has 0 aliphatic carbocycles. The third-order valence-corrected chi connectivity index (χ3v) is 4.67. The van der Waals surface area contributed by atoms with Crippen LogP contribution in [0.4, 0.5) is 0 Å². The number of rotatable bonds is 5. The van der Waals surface area contributed by atoms with Crippen molar-refractivity contribution in [1.82, 2.24) is 25.1 Å². The van der Waals surface area contributed by atoms with E-state index in [2.05, 4.69) is 44.1 Å². The van der Waals surface area contributed by atoms with Crippen molar-refractivity contribution in [2.24, 2.45) is 0 Å². The Morgan fingerprint density at radius 3 is 3.00 bits per heavy atom. The van der Waals surface area contributed by atoms with E-state index < -0.39 is 0 Å². The highest BCUT2D eigenvalue weighted by atomic mass is 16.5. The SMILES string of the molecule is COc1ccc(C)cc1CN1CCC(c2nnc(-c3cnccn3)o2)C1. The number of nitrogens with zero attached hydrogens (tertiary/aromatic N) is 5. The number of aryl methyl sites for hydroxylation is 1. The van der Waals surface area contributed by atoms with Crippen molar-refractivity contribution in [3.05, 3.63) is 53.8 Å². The van der Waals surface area contributed by atoms with E-state index in [9.17, 15) is 0 Å². The second kappa shape index (κ2) is 7.21. The van der Waals surface area contributed by atoms with E-state index in [-0.39, 0.29) is 5.92 Å². The maximum atomic E-state index is 5.84. The van der Waals surface area contributed by atoms with Gasteiger partial charge in [-0.3, -0.25) is 9.88 Å². The molecule has 1 saturated heterocycles. The van der Waals surface area contributed by atoms with Gasteiger partial charge >= 0.3 is 0 Å². The predicted octanol–water partition coefficient (Wildman–Crippen LogP) is 2.83. The lowest BCUT2D eigenvalue weighted by Crippen LogP contribution is -2.20. The van der Waals surface area contributed by atoms with Gasteiger partial charge in [0.2, 0.25) is 5.89 Å².